The summed E-state index contributed by atoms with van der Waals surface area (Å²) in [7, 11) is 0. The average Bonchev–Trinajstić information content (AvgIpc) is 3.22. The van der Waals surface area contributed by atoms with Crippen molar-refractivity contribution in [3.63, 3.8) is 0 Å². The topological polar surface area (TPSA) is 91.6 Å². The van der Waals surface area contributed by atoms with Gasteiger partial charge >= 0.3 is 11.8 Å². The lowest BCUT2D eigenvalue weighted by atomic mass is 10.1. The van der Waals surface area contributed by atoms with Crippen molar-refractivity contribution in [2.45, 2.75) is 25.4 Å². The van der Waals surface area contributed by atoms with Crippen LogP contribution < -0.4 is 10.6 Å². The molecule has 1 atom stereocenters. The van der Waals surface area contributed by atoms with E-state index < -0.39 is 17.9 Å². The second-order valence-electron chi connectivity index (χ2n) is 5.53. The maximum absolute atomic E-state index is 11.9. The second-order valence-corrected chi connectivity index (χ2v) is 5.53. The zero-order valence-corrected chi connectivity index (χ0v) is 12.5. The third kappa shape index (κ3) is 3.60. The van der Waals surface area contributed by atoms with Crippen molar-refractivity contribution in [3.8, 4) is 0 Å². The van der Waals surface area contributed by atoms with E-state index in [-0.39, 0.29) is 6.54 Å². The summed E-state index contributed by atoms with van der Waals surface area (Å²) in [5.41, 5.74) is 3.13. The third-order valence-corrected chi connectivity index (χ3v) is 3.89. The molecule has 23 heavy (non-hydrogen) atoms. The Kier molecular flexibility index (Phi) is 4.43. The maximum atomic E-state index is 11.9. The predicted octanol–water partition coefficient (Wildman–Crippen LogP) is 1.56. The highest BCUT2D eigenvalue weighted by atomic mass is 16.4. The van der Waals surface area contributed by atoms with Gasteiger partial charge in [0.05, 0.1) is 12.8 Å². The molecule has 0 spiro atoms. The molecule has 0 radical (unpaired) electrons. The van der Waals surface area contributed by atoms with Gasteiger partial charge in [-0.25, -0.2) is 0 Å². The molecule has 1 aromatic heterocycles. The summed E-state index contributed by atoms with van der Waals surface area (Å²) < 4.78 is 5.02. The van der Waals surface area contributed by atoms with Gasteiger partial charge in [-0.1, -0.05) is 6.07 Å². The van der Waals surface area contributed by atoms with E-state index in [0.717, 1.165) is 19.3 Å². The molecule has 1 aliphatic carbocycles. The fraction of sp³-hybridized carbons (Fsp3) is 0.294. The third-order valence-electron chi connectivity index (χ3n) is 3.89. The highest BCUT2D eigenvalue weighted by Gasteiger charge is 2.18. The van der Waals surface area contributed by atoms with Crippen molar-refractivity contribution in [2.75, 3.05) is 11.9 Å². The smallest absolute Gasteiger partial charge is 0.313 e. The number of nitrogens with one attached hydrogen (secondary N) is 2. The summed E-state index contributed by atoms with van der Waals surface area (Å²) in [6.07, 6.45) is 3.63. The molecular formula is C17H18N2O4. The molecule has 0 fully saturated rings. The first-order valence-corrected chi connectivity index (χ1v) is 7.56. The molecule has 0 aliphatic heterocycles. The van der Waals surface area contributed by atoms with Crippen molar-refractivity contribution in [1.82, 2.24) is 5.32 Å². The fourth-order valence-electron chi connectivity index (χ4n) is 2.69. The molecule has 6 heteroatoms. The Balaban J connectivity index is 1.52. The zero-order chi connectivity index (χ0) is 16.2. The number of amides is 2. The van der Waals surface area contributed by atoms with Crippen LogP contribution in [0.5, 0.6) is 0 Å². The van der Waals surface area contributed by atoms with Crippen LogP contribution >= 0.6 is 0 Å². The van der Waals surface area contributed by atoms with Gasteiger partial charge in [0.1, 0.15) is 11.9 Å². The van der Waals surface area contributed by atoms with E-state index in [1.807, 2.05) is 12.1 Å². The standard InChI is InChI=1S/C17H18N2O4/c20-14(15-5-2-8-23-15)10-18-16(21)17(22)19-13-7-6-11-3-1-4-12(11)9-13/h2,5-9,14,20H,1,3-4,10H2,(H,18,21)(H,19,22). The predicted molar refractivity (Wildman–Crippen MR) is 83.8 cm³/mol. The molecule has 1 aromatic carbocycles. The van der Waals surface area contributed by atoms with Crippen LogP contribution in [0.1, 0.15) is 29.4 Å². The number of benzene rings is 1. The lowest BCUT2D eigenvalue weighted by molar-refractivity contribution is -0.136. The van der Waals surface area contributed by atoms with Crippen LogP contribution in [-0.2, 0) is 22.4 Å². The molecule has 3 rings (SSSR count). The minimum Gasteiger partial charge on any atom is -0.467 e. The molecule has 0 saturated heterocycles. The zero-order valence-electron chi connectivity index (χ0n) is 12.5. The van der Waals surface area contributed by atoms with Crippen LogP contribution in [-0.4, -0.2) is 23.5 Å². The molecule has 0 bridgehead atoms. The SMILES string of the molecule is O=C(NCC(O)c1ccco1)C(=O)Nc1ccc2c(c1)CCC2. The maximum Gasteiger partial charge on any atom is 0.313 e. The molecule has 2 aromatic rings. The minimum absolute atomic E-state index is 0.0933. The second kappa shape index (κ2) is 6.66. The summed E-state index contributed by atoms with van der Waals surface area (Å²) >= 11 is 0. The largest absolute Gasteiger partial charge is 0.467 e. The van der Waals surface area contributed by atoms with E-state index >= 15 is 0 Å². The number of fused-ring (bicyclic) bond motifs is 1. The van der Waals surface area contributed by atoms with E-state index in [0.29, 0.717) is 11.4 Å². The first-order valence-electron chi connectivity index (χ1n) is 7.56. The Bertz CT molecular complexity index is 709. The first kappa shape index (κ1) is 15.3. The molecule has 0 saturated carbocycles. The molecule has 1 heterocycles. The van der Waals surface area contributed by atoms with Crippen LogP contribution in [0.15, 0.2) is 41.0 Å². The molecule has 1 aliphatic rings. The van der Waals surface area contributed by atoms with Gasteiger partial charge in [0.2, 0.25) is 0 Å². The number of furan rings is 1. The van der Waals surface area contributed by atoms with Crippen molar-refractivity contribution < 1.29 is 19.1 Å². The van der Waals surface area contributed by atoms with Gasteiger partial charge in [-0.2, -0.15) is 0 Å². The number of aryl methyl sites for hydroxylation is 2. The Morgan fingerprint density at radius 2 is 2.00 bits per heavy atom. The van der Waals surface area contributed by atoms with Crippen molar-refractivity contribution in [3.05, 3.63) is 53.5 Å². The van der Waals surface area contributed by atoms with Gasteiger partial charge in [0, 0.05) is 5.69 Å². The van der Waals surface area contributed by atoms with Crippen LogP contribution in [0.2, 0.25) is 0 Å². The number of carbonyl (C=O) groups excluding carboxylic acids is 2. The van der Waals surface area contributed by atoms with E-state index in [1.165, 1.54) is 17.4 Å². The molecule has 2 amide bonds. The van der Waals surface area contributed by atoms with E-state index in [4.69, 9.17) is 4.42 Å². The van der Waals surface area contributed by atoms with Gasteiger partial charge in [-0.05, 0) is 54.7 Å². The number of rotatable bonds is 4. The van der Waals surface area contributed by atoms with Crippen LogP contribution in [0.25, 0.3) is 0 Å². The number of hydrogen-bond donors (Lipinski definition) is 3. The Labute approximate surface area is 133 Å². The lowest BCUT2D eigenvalue weighted by Crippen LogP contribution is -2.37. The Morgan fingerprint density at radius 3 is 2.78 bits per heavy atom. The van der Waals surface area contributed by atoms with Crippen LogP contribution in [0, 0.1) is 0 Å². The van der Waals surface area contributed by atoms with E-state index in [2.05, 4.69) is 10.6 Å². The quantitative estimate of drug-likeness (QED) is 0.747. The average molecular weight is 314 g/mol. The first-order chi connectivity index (χ1) is 11.1. The summed E-state index contributed by atoms with van der Waals surface area (Å²) in [6.45, 7) is -0.0933. The summed E-state index contributed by atoms with van der Waals surface area (Å²) in [5.74, 6) is -1.21. The van der Waals surface area contributed by atoms with E-state index in [9.17, 15) is 14.7 Å². The van der Waals surface area contributed by atoms with Crippen LogP contribution in [0.4, 0.5) is 5.69 Å². The Morgan fingerprint density at radius 1 is 1.17 bits per heavy atom. The summed E-state index contributed by atoms with van der Waals surface area (Å²) in [4.78, 5) is 23.7. The number of aliphatic hydroxyl groups is 1. The number of anilines is 1. The van der Waals surface area contributed by atoms with E-state index in [1.54, 1.807) is 18.2 Å². The van der Waals surface area contributed by atoms with Gasteiger partial charge < -0.3 is 20.2 Å². The lowest BCUT2D eigenvalue weighted by Gasteiger charge is -2.10. The molecule has 120 valence electrons. The highest BCUT2D eigenvalue weighted by molar-refractivity contribution is 6.39. The number of carbonyl (C=O) groups is 2. The molecule has 6 nitrogen and oxygen atoms in total. The summed E-state index contributed by atoms with van der Waals surface area (Å²) in [6, 6.07) is 8.93. The number of aliphatic hydroxyl groups excluding tert-OH is 1. The fourth-order valence-corrected chi connectivity index (χ4v) is 2.69. The number of hydrogen-bond acceptors (Lipinski definition) is 4. The summed E-state index contributed by atoms with van der Waals surface area (Å²) in [5, 5.41) is 14.8. The van der Waals surface area contributed by atoms with Gasteiger partial charge in [0.15, 0.2) is 0 Å². The Hall–Kier alpha value is -2.60. The van der Waals surface area contributed by atoms with Gasteiger partial charge in [0.25, 0.3) is 0 Å². The van der Waals surface area contributed by atoms with Gasteiger partial charge in [-0.15, -0.1) is 0 Å². The van der Waals surface area contributed by atoms with Gasteiger partial charge in [-0.3, -0.25) is 9.59 Å². The molecule has 1 unspecified atom stereocenters. The monoisotopic (exact) mass is 314 g/mol. The molecular weight excluding hydrogens is 296 g/mol. The van der Waals surface area contributed by atoms with Crippen LogP contribution in [0.3, 0.4) is 0 Å². The minimum atomic E-state index is -0.984. The highest BCUT2D eigenvalue weighted by Crippen LogP contribution is 2.24. The molecule has 3 N–H and O–H groups in total. The van der Waals surface area contributed by atoms with Crippen molar-refractivity contribution >= 4 is 17.5 Å². The normalized spacial score (nSPS) is 14.1. The van der Waals surface area contributed by atoms with Crippen molar-refractivity contribution in [1.29, 1.82) is 0 Å². The van der Waals surface area contributed by atoms with Crippen molar-refractivity contribution in [2.24, 2.45) is 0 Å².